The summed E-state index contributed by atoms with van der Waals surface area (Å²) in [5.74, 6) is 0. The minimum atomic E-state index is -4.41. The second kappa shape index (κ2) is 5.66. The Labute approximate surface area is 115 Å². The lowest BCUT2D eigenvalue weighted by molar-refractivity contribution is -0.144. The summed E-state index contributed by atoms with van der Waals surface area (Å²) in [6.45, 7) is 2.16. The van der Waals surface area contributed by atoms with E-state index in [0.717, 1.165) is 15.8 Å². The minimum absolute atomic E-state index is 0.111. The molecule has 0 saturated carbocycles. The van der Waals surface area contributed by atoms with Gasteiger partial charge in [-0.1, -0.05) is 29.8 Å². The lowest BCUT2D eigenvalue weighted by Crippen LogP contribution is -2.19. The van der Waals surface area contributed by atoms with Gasteiger partial charge in [-0.05, 0) is 19.5 Å². The van der Waals surface area contributed by atoms with Gasteiger partial charge in [0.25, 0.3) is 0 Å². The number of rotatable bonds is 4. The molecule has 3 nitrogen and oxygen atoms in total. The van der Waals surface area contributed by atoms with Crippen LogP contribution in [0.3, 0.4) is 0 Å². The van der Waals surface area contributed by atoms with E-state index < -0.39 is 11.9 Å². The monoisotopic (exact) mass is 283 g/mol. The number of benzene rings is 1. The normalized spacial score (nSPS) is 11.8. The Balaban J connectivity index is 2.37. The zero-order chi connectivity index (χ0) is 14.8. The highest BCUT2D eigenvalue weighted by atomic mass is 19.4. The molecule has 0 atom stereocenters. The second-order valence-corrected chi connectivity index (χ2v) is 4.69. The van der Waals surface area contributed by atoms with E-state index in [1.165, 1.54) is 6.20 Å². The summed E-state index contributed by atoms with van der Waals surface area (Å²) in [7, 11) is 1.61. The molecule has 1 aromatic carbocycles. The number of hydrogen-bond acceptors (Lipinski definition) is 2. The molecule has 0 spiro atoms. The van der Waals surface area contributed by atoms with Crippen molar-refractivity contribution in [1.29, 1.82) is 0 Å². The smallest absolute Gasteiger partial charge is 0.316 e. The van der Waals surface area contributed by atoms with Gasteiger partial charge in [0, 0.05) is 12.1 Å². The van der Waals surface area contributed by atoms with E-state index in [0.29, 0.717) is 0 Å². The SMILES string of the molecule is CNCc1cnn(Cc2cccc(C)c2)c1C(F)(F)F. The average Bonchev–Trinajstić information content (AvgIpc) is 2.72. The van der Waals surface area contributed by atoms with Crippen LogP contribution in [-0.2, 0) is 19.3 Å². The maximum absolute atomic E-state index is 13.2. The highest BCUT2D eigenvalue weighted by Gasteiger charge is 2.37. The molecule has 0 unspecified atom stereocenters. The molecule has 2 rings (SSSR count). The van der Waals surface area contributed by atoms with Gasteiger partial charge in [-0.25, -0.2) is 0 Å². The van der Waals surface area contributed by atoms with E-state index in [9.17, 15) is 13.2 Å². The van der Waals surface area contributed by atoms with Crippen LogP contribution in [0.1, 0.15) is 22.4 Å². The van der Waals surface area contributed by atoms with Crippen molar-refractivity contribution >= 4 is 0 Å². The Bertz CT molecular complexity index is 588. The van der Waals surface area contributed by atoms with Crippen LogP contribution in [0.2, 0.25) is 0 Å². The molecule has 1 aromatic heterocycles. The van der Waals surface area contributed by atoms with Crippen LogP contribution in [0.25, 0.3) is 0 Å². The molecular formula is C14H16F3N3. The Hall–Kier alpha value is -1.82. The van der Waals surface area contributed by atoms with Crippen molar-refractivity contribution in [2.24, 2.45) is 0 Å². The van der Waals surface area contributed by atoms with Crippen LogP contribution < -0.4 is 5.32 Å². The van der Waals surface area contributed by atoms with Gasteiger partial charge < -0.3 is 5.32 Å². The van der Waals surface area contributed by atoms with Crippen LogP contribution in [0.15, 0.2) is 30.5 Å². The molecule has 1 N–H and O–H groups in total. The summed E-state index contributed by atoms with van der Waals surface area (Å²) in [5, 5.41) is 6.61. The molecule has 108 valence electrons. The molecular weight excluding hydrogens is 267 g/mol. The lowest BCUT2D eigenvalue weighted by Gasteiger charge is -2.13. The Morgan fingerprint density at radius 3 is 2.65 bits per heavy atom. The van der Waals surface area contributed by atoms with Crippen molar-refractivity contribution < 1.29 is 13.2 Å². The van der Waals surface area contributed by atoms with Crippen molar-refractivity contribution in [2.75, 3.05) is 7.05 Å². The average molecular weight is 283 g/mol. The number of nitrogens with one attached hydrogen (secondary N) is 1. The summed E-state index contributed by atoms with van der Waals surface area (Å²) >= 11 is 0. The van der Waals surface area contributed by atoms with Crippen LogP contribution in [-0.4, -0.2) is 16.8 Å². The van der Waals surface area contributed by atoms with Gasteiger partial charge in [0.15, 0.2) is 0 Å². The molecule has 0 radical (unpaired) electrons. The zero-order valence-electron chi connectivity index (χ0n) is 11.3. The predicted molar refractivity (Wildman–Crippen MR) is 70.3 cm³/mol. The van der Waals surface area contributed by atoms with Crippen LogP contribution in [0, 0.1) is 6.92 Å². The summed E-state index contributed by atoms with van der Waals surface area (Å²) in [6, 6.07) is 7.39. The molecule has 2 aromatic rings. The quantitative estimate of drug-likeness (QED) is 0.935. The van der Waals surface area contributed by atoms with E-state index in [2.05, 4.69) is 10.4 Å². The van der Waals surface area contributed by atoms with Crippen molar-refractivity contribution in [1.82, 2.24) is 15.1 Å². The van der Waals surface area contributed by atoms with Crippen LogP contribution in [0.5, 0.6) is 0 Å². The molecule has 0 aliphatic carbocycles. The van der Waals surface area contributed by atoms with Gasteiger partial charge in [-0.15, -0.1) is 0 Å². The van der Waals surface area contributed by atoms with Crippen molar-refractivity contribution in [3.8, 4) is 0 Å². The van der Waals surface area contributed by atoms with Gasteiger partial charge in [0.2, 0.25) is 0 Å². The Morgan fingerprint density at radius 1 is 1.30 bits per heavy atom. The molecule has 20 heavy (non-hydrogen) atoms. The van der Waals surface area contributed by atoms with Gasteiger partial charge in [-0.2, -0.15) is 18.3 Å². The fourth-order valence-corrected chi connectivity index (χ4v) is 2.18. The van der Waals surface area contributed by atoms with E-state index in [-0.39, 0.29) is 18.7 Å². The number of hydrogen-bond donors (Lipinski definition) is 1. The highest BCUT2D eigenvalue weighted by molar-refractivity contribution is 5.25. The standard InChI is InChI=1S/C14H16F3N3/c1-10-4-3-5-11(6-10)9-20-13(14(15,16)17)12(7-18-2)8-19-20/h3-6,8,18H,7,9H2,1-2H3. The third-order valence-corrected chi connectivity index (χ3v) is 2.97. The summed E-state index contributed by atoms with van der Waals surface area (Å²) < 4.78 is 40.5. The zero-order valence-corrected chi connectivity index (χ0v) is 11.3. The summed E-state index contributed by atoms with van der Waals surface area (Å²) in [4.78, 5) is 0. The number of aryl methyl sites for hydroxylation is 1. The van der Waals surface area contributed by atoms with E-state index in [1.54, 1.807) is 13.1 Å². The fraction of sp³-hybridized carbons (Fsp3) is 0.357. The molecule has 0 amide bonds. The number of halogens is 3. The van der Waals surface area contributed by atoms with Crippen LogP contribution in [0.4, 0.5) is 13.2 Å². The van der Waals surface area contributed by atoms with Crippen LogP contribution >= 0.6 is 0 Å². The first-order valence-corrected chi connectivity index (χ1v) is 6.24. The van der Waals surface area contributed by atoms with Gasteiger partial charge in [0.05, 0.1) is 12.7 Å². The summed E-state index contributed by atoms with van der Waals surface area (Å²) in [5.41, 5.74) is 1.29. The largest absolute Gasteiger partial charge is 0.433 e. The lowest BCUT2D eigenvalue weighted by atomic mass is 10.1. The second-order valence-electron chi connectivity index (χ2n) is 4.69. The first kappa shape index (κ1) is 14.6. The Morgan fingerprint density at radius 2 is 2.05 bits per heavy atom. The van der Waals surface area contributed by atoms with Crippen molar-refractivity contribution in [2.45, 2.75) is 26.2 Å². The molecule has 0 bridgehead atoms. The molecule has 6 heteroatoms. The van der Waals surface area contributed by atoms with Crippen molar-refractivity contribution in [3.63, 3.8) is 0 Å². The topological polar surface area (TPSA) is 29.9 Å². The molecule has 0 aliphatic heterocycles. The van der Waals surface area contributed by atoms with Gasteiger partial charge in [-0.3, -0.25) is 4.68 Å². The first-order chi connectivity index (χ1) is 9.41. The maximum atomic E-state index is 13.2. The molecule has 0 saturated heterocycles. The third kappa shape index (κ3) is 3.19. The predicted octanol–water partition coefficient (Wildman–Crippen LogP) is 2.98. The number of aromatic nitrogens is 2. The maximum Gasteiger partial charge on any atom is 0.433 e. The molecule has 1 heterocycles. The third-order valence-electron chi connectivity index (χ3n) is 2.97. The molecule has 0 aliphatic rings. The molecule has 0 fully saturated rings. The van der Waals surface area contributed by atoms with E-state index in [1.807, 2.05) is 25.1 Å². The van der Waals surface area contributed by atoms with Crippen molar-refractivity contribution in [3.05, 3.63) is 52.8 Å². The van der Waals surface area contributed by atoms with E-state index in [4.69, 9.17) is 0 Å². The minimum Gasteiger partial charge on any atom is -0.316 e. The van der Waals surface area contributed by atoms with Gasteiger partial charge >= 0.3 is 6.18 Å². The highest BCUT2D eigenvalue weighted by Crippen LogP contribution is 2.32. The van der Waals surface area contributed by atoms with Gasteiger partial charge in [0.1, 0.15) is 5.69 Å². The number of nitrogens with zero attached hydrogens (tertiary/aromatic N) is 2. The Kier molecular flexibility index (Phi) is 4.13. The first-order valence-electron chi connectivity index (χ1n) is 6.24. The summed E-state index contributed by atoms with van der Waals surface area (Å²) in [6.07, 6.45) is -3.14. The van der Waals surface area contributed by atoms with E-state index >= 15 is 0 Å². The number of alkyl halides is 3. The fourth-order valence-electron chi connectivity index (χ4n) is 2.18.